The van der Waals surface area contributed by atoms with Gasteiger partial charge >= 0.3 is 0 Å². The van der Waals surface area contributed by atoms with Gasteiger partial charge in [0.2, 0.25) is 0 Å². The molecule has 1 rings (SSSR count). The third kappa shape index (κ3) is 3.51. The van der Waals surface area contributed by atoms with Crippen molar-refractivity contribution >= 4 is 5.69 Å². The first-order valence-corrected chi connectivity index (χ1v) is 5.41. The molecule has 0 radical (unpaired) electrons. The van der Waals surface area contributed by atoms with E-state index in [9.17, 15) is 4.39 Å². The summed E-state index contributed by atoms with van der Waals surface area (Å²) in [4.78, 5) is 2.06. The number of hydrogen-bond donors (Lipinski definition) is 1. The van der Waals surface area contributed by atoms with Crippen LogP contribution in [0.3, 0.4) is 0 Å². The van der Waals surface area contributed by atoms with Crippen LogP contribution in [0.1, 0.15) is 18.9 Å². The van der Waals surface area contributed by atoms with E-state index in [1.54, 1.807) is 0 Å². The highest BCUT2D eigenvalue weighted by Crippen LogP contribution is 2.15. The highest BCUT2D eigenvalue weighted by Gasteiger charge is 2.04. The molecule has 0 spiro atoms. The second-order valence-electron chi connectivity index (χ2n) is 3.55. The predicted molar refractivity (Wildman–Crippen MR) is 62.8 cm³/mol. The van der Waals surface area contributed by atoms with Gasteiger partial charge in [-0.05, 0) is 24.1 Å². The van der Waals surface area contributed by atoms with Crippen LogP contribution >= 0.6 is 0 Å². The van der Waals surface area contributed by atoms with Crippen LogP contribution in [0.4, 0.5) is 10.1 Å². The summed E-state index contributed by atoms with van der Waals surface area (Å²) in [6.07, 6.45) is 1.03. The molecule has 0 aromatic heterocycles. The fourth-order valence-electron chi connectivity index (χ4n) is 1.58. The maximum absolute atomic E-state index is 12.3. The van der Waals surface area contributed by atoms with E-state index in [4.69, 9.17) is 5.73 Å². The topological polar surface area (TPSA) is 29.3 Å². The lowest BCUT2D eigenvalue weighted by molar-refractivity contribution is 0.489. The summed E-state index contributed by atoms with van der Waals surface area (Å²) in [6, 6.07) is 8.01. The Morgan fingerprint density at radius 3 is 2.33 bits per heavy atom. The van der Waals surface area contributed by atoms with Crippen molar-refractivity contribution < 1.29 is 4.39 Å². The second-order valence-corrected chi connectivity index (χ2v) is 3.55. The summed E-state index contributed by atoms with van der Waals surface area (Å²) < 4.78 is 12.3. The van der Waals surface area contributed by atoms with E-state index in [-0.39, 0.29) is 6.67 Å². The molecular weight excluding hydrogens is 191 g/mol. The van der Waals surface area contributed by atoms with Crippen LogP contribution < -0.4 is 10.6 Å². The van der Waals surface area contributed by atoms with Crippen LogP contribution in [0, 0.1) is 0 Å². The maximum Gasteiger partial charge on any atom is 0.107 e. The van der Waals surface area contributed by atoms with E-state index in [1.165, 1.54) is 0 Å². The van der Waals surface area contributed by atoms with Crippen molar-refractivity contribution in [3.63, 3.8) is 0 Å². The van der Waals surface area contributed by atoms with E-state index >= 15 is 0 Å². The third-order valence-corrected chi connectivity index (χ3v) is 2.39. The van der Waals surface area contributed by atoms with Gasteiger partial charge in [-0.25, -0.2) is 4.39 Å². The summed E-state index contributed by atoms with van der Waals surface area (Å²) in [5.41, 5.74) is 7.70. The fraction of sp³-hybridized carbons (Fsp3) is 0.500. The molecule has 0 unspecified atom stereocenters. The van der Waals surface area contributed by atoms with Gasteiger partial charge in [-0.1, -0.05) is 19.1 Å². The zero-order valence-corrected chi connectivity index (χ0v) is 9.25. The van der Waals surface area contributed by atoms with Gasteiger partial charge in [-0.3, -0.25) is 0 Å². The molecule has 84 valence electrons. The molecule has 2 nitrogen and oxygen atoms in total. The molecular formula is C12H19FN2. The molecule has 0 bridgehead atoms. The quantitative estimate of drug-likeness (QED) is 0.780. The van der Waals surface area contributed by atoms with Crippen LogP contribution in [-0.4, -0.2) is 19.8 Å². The Morgan fingerprint density at radius 1 is 1.20 bits per heavy atom. The van der Waals surface area contributed by atoms with Gasteiger partial charge in [0.1, 0.15) is 6.67 Å². The number of benzene rings is 1. The minimum Gasteiger partial charge on any atom is -0.369 e. The largest absolute Gasteiger partial charge is 0.369 e. The molecule has 15 heavy (non-hydrogen) atoms. The minimum atomic E-state index is -0.307. The average molecular weight is 210 g/mol. The molecule has 0 atom stereocenters. The van der Waals surface area contributed by atoms with Crippen LogP contribution in [0.5, 0.6) is 0 Å². The third-order valence-electron chi connectivity index (χ3n) is 2.39. The van der Waals surface area contributed by atoms with Crippen LogP contribution in [0.2, 0.25) is 0 Å². The summed E-state index contributed by atoms with van der Waals surface area (Å²) in [5.74, 6) is 0. The van der Waals surface area contributed by atoms with Crippen molar-refractivity contribution in [2.75, 3.05) is 24.7 Å². The van der Waals surface area contributed by atoms with Gasteiger partial charge in [0.05, 0.1) is 0 Å². The number of nitrogens with zero attached hydrogens (tertiary/aromatic N) is 1. The molecule has 2 N–H and O–H groups in total. The summed E-state index contributed by atoms with van der Waals surface area (Å²) >= 11 is 0. The number of anilines is 1. The van der Waals surface area contributed by atoms with Crippen molar-refractivity contribution in [2.24, 2.45) is 5.73 Å². The number of halogens is 1. The second kappa shape index (κ2) is 6.40. The zero-order chi connectivity index (χ0) is 11.1. The Hall–Kier alpha value is -1.09. The summed E-state index contributed by atoms with van der Waals surface area (Å²) in [5, 5.41) is 0. The Morgan fingerprint density at radius 2 is 1.87 bits per heavy atom. The molecule has 3 heteroatoms. The Bertz CT molecular complexity index is 265. The fourth-order valence-corrected chi connectivity index (χ4v) is 1.58. The van der Waals surface area contributed by atoms with Crippen molar-refractivity contribution in [3.8, 4) is 0 Å². The first kappa shape index (κ1) is 12.0. The lowest BCUT2D eigenvalue weighted by atomic mass is 10.2. The van der Waals surface area contributed by atoms with Gasteiger partial charge in [0, 0.05) is 25.3 Å². The van der Waals surface area contributed by atoms with Gasteiger partial charge in [-0.2, -0.15) is 0 Å². The van der Waals surface area contributed by atoms with Crippen molar-refractivity contribution in [1.29, 1.82) is 0 Å². The molecule has 1 aromatic carbocycles. The molecule has 0 aliphatic rings. The Kier molecular flexibility index (Phi) is 5.12. The van der Waals surface area contributed by atoms with Gasteiger partial charge < -0.3 is 10.6 Å². The molecule has 0 aliphatic heterocycles. The van der Waals surface area contributed by atoms with Gasteiger partial charge in [-0.15, -0.1) is 0 Å². The number of nitrogens with two attached hydrogens (primary N) is 1. The van der Waals surface area contributed by atoms with E-state index in [1.807, 2.05) is 24.3 Å². The summed E-state index contributed by atoms with van der Waals surface area (Å²) in [6.45, 7) is 3.71. The van der Waals surface area contributed by atoms with Crippen LogP contribution in [0.25, 0.3) is 0 Å². The lowest BCUT2D eigenvalue weighted by Crippen LogP contribution is -2.26. The number of rotatable bonds is 6. The normalized spacial score (nSPS) is 10.3. The lowest BCUT2D eigenvalue weighted by Gasteiger charge is -2.23. The summed E-state index contributed by atoms with van der Waals surface area (Å²) in [7, 11) is 0. The van der Waals surface area contributed by atoms with E-state index in [2.05, 4.69) is 11.8 Å². The van der Waals surface area contributed by atoms with Crippen molar-refractivity contribution in [2.45, 2.75) is 19.9 Å². The van der Waals surface area contributed by atoms with Crippen molar-refractivity contribution in [3.05, 3.63) is 29.8 Å². The molecule has 0 saturated heterocycles. The minimum absolute atomic E-state index is 0.307. The molecule has 0 aliphatic carbocycles. The van der Waals surface area contributed by atoms with E-state index < -0.39 is 0 Å². The van der Waals surface area contributed by atoms with Crippen molar-refractivity contribution in [1.82, 2.24) is 0 Å². The van der Waals surface area contributed by atoms with E-state index in [0.717, 1.165) is 24.2 Å². The monoisotopic (exact) mass is 210 g/mol. The molecule has 1 aromatic rings. The highest BCUT2D eigenvalue weighted by atomic mass is 19.1. The SMILES string of the molecule is CCCN(CCF)c1ccc(CN)cc1. The van der Waals surface area contributed by atoms with E-state index in [0.29, 0.717) is 13.1 Å². The van der Waals surface area contributed by atoms with Gasteiger partial charge in [0.25, 0.3) is 0 Å². The zero-order valence-electron chi connectivity index (χ0n) is 9.25. The number of hydrogen-bond acceptors (Lipinski definition) is 2. The highest BCUT2D eigenvalue weighted by molar-refractivity contribution is 5.47. The molecule has 0 amide bonds. The Balaban J connectivity index is 2.72. The first-order valence-electron chi connectivity index (χ1n) is 5.41. The maximum atomic E-state index is 12.3. The Labute approximate surface area is 90.9 Å². The van der Waals surface area contributed by atoms with Gasteiger partial charge in [0.15, 0.2) is 0 Å². The predicted octanol–water partition coefficient (Wildman–Crippen LogP) is 2.33. The number of alkyl halides is 1. The molecule has 0 heterocycles. The smallest absolute Gasteiger partial charge is 0.107 e. The standard InChI is InChI=1S/C12H19FN2/c1-2-8-15(9-7-13)12-5-3-11(10-14)4-6-12/h3-6H,2,7-10,14H2,1H3. The van der Waals surface area contributed by atoms with Crippen LogP contribution in [-0.2, 0) is 6.54 Å². The average Bonchev–Trinajstić information content (AvgIpc) is 2.29. The first-order chi connectivity index (χ1) is 7.31. The molecule has 0 fully saturated rings. The molecule has 0 saturated carbocycles. The van der Waals surface area contributed by atoms with Crippen LogP contribution in [0.15, 0.2) is 24.3 Å².